The van der Waals surface area contributed by atoms with Crippen LogP contribution in [0.5, 0.6) is 5.75 Å². The van der Waals surface area contributed by atoms with Crippen molar-refractivity contribution in [2.45, 2.75) is 25.8 Å². The molecule has 1 aliphatic heterocycles. The number of benzene rings is 1. The molecule has 1 aromatic carbocycles. The molecule has 0 aromatic heterocycles. The number of halogens is 1. The van der Waals surface area contributed by atoms with Crippen molar-refractivity contribution in [3.8, 4) is 5.75 Å². The summed E-state index contributed by atoms with van der Waals surface area (Å²) in [6.07, 6.45) is 3.53. The molecule has 7 nitrogen and oxygen atoms in total. The lowest BCUT2D eigenvalue weighted by molar-refractivity contribution is -0.117. The SMILES string of the molecule is CN(Cc1cc(F)cc(O)c1N1CC(=O)NS1(=O)=O)CC1CCC1. The zero-order valence-electron chi connectivity index (χ0n) is 13.3. The first-order valence-electron chi connectivity index (χ1n) is 7.79. The van der Waals surface area contributed by atoms with E-state index in [0.29, 0.717) is 11.5 Å². The topological polar surface area (TPSA) is 89.9 Å². The second kappa shape index (κ2) is 6.21. The molecule has 2 fully saturated rings. The number of phenolic OH excluding ortho intramolecular Hbond substituents is 1. The summed E-state index contributed by atoms with van der Waals surface area (Å²) in [5, 5.41) is 10.1. The summed E-state index contributed by atoms with van der Waals surface area (Å²) in [5.74, 6) is -1.24. The number of hydrogen-bond donors (Lipinski definition) is 2. The molecule has 0 spiro atoms. The van der Waals surface area contributed by atoms with Crippen molar-refractivity contribution in [1.82, 2.24) is 9.62 Å². The first kappa shape index (κ1) is 17.0. The molecule has 1 saturated carbocycles. The van der Waals surface area contributed by atoms with Crippen molar-refractivity contribution in [2.24, 2.45) is 5.92 Å². The molecule has 2 aliphatic rings. The van der Waals surface area contributed by atoms with E-state index in [2.05, 4.69) is 0 Å². The Morgan fingerprint density at radius 1 is 1.42 bits per heavy atom. The Kier molecular flexibility index (Phi) is 4.39. The van der Waals surface area contributed by atoms with E-state index < -0.39 is 34.2 Å². The van der Waals surface area contributed by atoms with E-state index in [-0.39, 0.29) is 12.2 Å². The Morgan fingerprint density at radius 2 is 2.12 bits per heavy atom. The molecular formula is C15H20FN3O4S. The van der Waals surface area contributed by atoms with Crippen LogP contribution in [-0.2, 0) is 21.5 Å². The second-order valence-electron chi connectivity index (χ2n) is 6.46. The first-order chi connectivity index (χ1) is 11.3. The molecule has 0 radical (unpaired) electrons. The Morgan fingerprint density at radius 3 is 2.67 bits per heavy atom. The van der Waals surface area contributed by atoms with E-state index in [0.717, 1.165) is 29.8 Å². The van der Waals surface area contributed by atoms with Gasteiger partial charge in [-0.1, -0.05) is 6.42 Å². The van der Waals surface area contributed by atoms with Gasteiger partial charge in [-0.05, 0) is 37.4 Å². The number of aromatic hydroxyl groups is 1. The standard InChI is InChI=1S/C15H20FN3O4S/c1-18(7-10-3-2-4-10)8-11-5-12(16)6-13(20)15(11)19-9-14(21)17-24(19,22)23/h5-6,10,20H,2-4,7-9H2,1H3,(H,17,21). The van der Waals surface area contributed by atoms with Crippen molar-refractivity contribution < 1.29 is 22.7 Å². The maximum atomic E-state index is 13.7. The summed E-state index contributed by atoms with van der Waals surface area (Å²) in [6, 6.07) is 2.05. The van der Waals surface area contributed by atoms with E-state index in [4.69, 9.17) is 0 Å². The molecule has 0 bridgehead atoms. The predicted molar refractivity (Wildman–Crippen MR) is 86.1 cm³/mol. The fraction of sp³-hybridized carbons (Fsp3) is 0.533. The average molecular weight is 357 g/mol. The zero-order valence-corrected chi connectivity index (χ0v) is 14.1. The lowest BCUT2D eigenvalue weighted by atomic mass is 9.85. The molecule has 9 heteroatoms. The minimum atomic E-state index is -4.07. The third kappa shape index (κ3) is 3.32. The minimum absolute atomic E-state index is 0.0461. The van der Waals surface area contributed by atoms with Gasteiger partial charge in [-0.2, -0.15) is 8.42 Å². The van der Waals surface area contributed by atoms with Gasteiger partial charge >= 0.3 is 10.2 Å². The van der Waals surface area contributed by atoms with Gasteiger partial charge in [0.25, 0.3) is 5.91 Å². The van der Waals surface area contributed by atoms with Gasteiger partial charge in [-0.25, -0.2) is 13.4 Å². The van der Waals surface area contributed by atoms with Crippen LogP contribution >= 0.6 is 0 Å². The van der Waals surface area contributed by atoms with Crippen molar-refractivity contribution >= 4 is 21.8 Å². The molecule has 1 aromatic rings. The van der Waals surface area contributed by atoms with Crippen LogP contribution in [-0.4, -0.2) is 44.5 Å². The second-order valence-corrected chi connectivity index (χ2v) is 8.06. The molecule has 1 heterocycles. The summed E-state index contributed by atoms with van der Waals surface area (Å²) >= 11 is 0. The molecule has 24 heavy (non-hydrogen) atoms. The monoisotopic (exact) mass is 357 g/mol. The van der Waals surface area contributed by atoms with Crippen LogP contribution in [0.1, 0.15) is 24.8 Å². The number of hydrogen-bond acceptors (Lipinski definition) is 5. The smallest absolute Gasteiger partial charge is 0.326 e. The van der Waals surface area contributed by atoms with Crippen LogP contribution in [0.4, 0.5) is 10.1 Å². The Labute approximate surface area is 140 Å². The molecule has 132 valence electrons. The van der Waals surface area contributed by atoms with Gasteiger partial charge in [0.2, 0.25) is 0 Å². The number of carbonyl (C=O) groups is 1. The van der Waals surface area contributed by atoms with Crippen molar-refractivity contribution in [3.05, 3.63) is 23.5 Å². The summed E-state index contributed by atoms with van der Waals surface area (Å²) in [7, 11) is -2.20. The maximum absolute atomic E-state index is 13.7. The predicted octanol–water partition coefficient (Wildman–Crippen LogP) is 0.944. The van der Waals surface area contributed by atoms with Crippen LogP contribution in [0.2, 0.25) is 0 Å². The normalized spacial score (nSPS) is 20.3. The zero-order chi connectivity index (χ0) is 17.5. The van der Waals surface area contributed by atoms with Crippen LogP contribution < -0.4 is 9.03 Å². The van der Waals surface area contributed by atoms with E-state index in [1.165, 1.54) is 12.5 Å². The molecule has 3 rings (SSSR count). The molecule has 1 amide bonds. The molecular weight excluding hydrogens is 337 g/mol. The fourth-order valence-corrected chi connectivity index (χ4v) is 4.37. The van der Waals surface area contributed by atoms with Crippen LogP contribution in [0.3, 0.4) is 0 Å². The van der Waals surface area contributed by atoms with Crippen molar-refractivity contribution in [3.63, 3.8) is 0 Å². The van der Waals surface area contributed by atoms with Crippen LogP contribution in [0, 0.1) is 11.7 Å². The summed E-state index contributed by atoms with van der Waals surface area (Å²) in [4.78, 5) is 13.4. The van der Waals surface area contributed by atoms with Gasteiger partial charge in [0.15, 0.2) is 0 Å². The Hall–Kier alpha value is -1.87. The Balaban J connectivity index is 1.91. The van der Waals surface area contributed by atoms with Gasteiger partial charge in [0.1, 0.15) is 23.8 Å². The number of phenols is 1. The van der Waals surface area contributed by atoms with Crippen LogP contribution in [0.15, 0.2) is 12.1 Å². The molecule has 1 aliphatic carbocycles. The highest BCUT2D eigenvalue weighted by molar-refractivity contribution is 7.92. The average Bonchev–Trinajstić information content (AvgIpc) is 2.66. The van der Waals surface area contributed by atoms with E-state index in [1.807, 2.05) is 16.7 Å². The highest BCUT2D eigenvalue weighted by Gasteiger charge is 2.37. The van der Waals surface area contributed by atoms with Crippen molar-refractivity contribution in [2.75, 3.05) is 24.4 Å². The quantitative estimate of drug-likeness (QED) is 0.819. The summed E-state index contributed by atoms with van der Waals surface area (Å²) in [5.41, 5.74) is 0.282. The van der Waals surface area contributed by atoms with Gasteiger partial charge < -0.3 is 10.0 Å². The third-order valence-electron chi connectivity index (χ3n) is 4.44. The van der Waals surface area contributed by atoms with E-state index in [9.17, 15) is 22.7 Å². The number of amides is 1. The summed E-state index contributed by atoms with van der Waals surface area (Å²) in [6.45, 7) is 0.666. The number of nitrogens with one attached hydrogen (secondary N) is 1. The molecule has 1 saturated heterocycles. The minimum Gasteiger partial charge on any atom is -0.506 e. The third-order valence-corrected chi connectivity index (χ3v) is 5.82. The fourth-order valence-electron chi connectivity index (χ4n) is 3.17. The van der Waals surface area contributed by atoms with Gasteiger partial charge in [-0.3, -0.25) is 4.79 Å². The molecule has 0 unspecified atom stereocenters. The maximum Gasteiger partial charge on any atom is 0.326 e. The van der Waals surface area contributed by atoms with Crippen molar-refractivity contribution in [1.29, 1.82) is 0 Å². The lowest BCUT2D eigenvalue weighted by Gasteiger charge is -2.31. The largest absolute Gasteiger partial charge is 0.506 e. The highest BCUT2D eigenvalue weighted by atomic mass is 32.2. The number of nitrogens with zero attached hydrogens (tertiary/aromatic N) is 2. The first-order valence-corrected chi connectivity index (χ1v) is 9.23. The number of carbonyl (C=O) groups excluding carboxylic acids is 1. The van der Waals surface area contributed by atoms with E-state index in [1.54, 1.807) is 0 Å². The Bertz CT molecular complexity index is 764. The number of rotatable bonds is 5. The molecule has 2 N–H and O–H groups in total. The van der Waals surface area contributed by atoms with Crippen LogP contribution in [0.25, 0.3) is 0 Å². The van der Waals surface area contributed by atoms with Gasteiger partial charge in [0.05, 0.1) is 0 Å². The van der Waals surface area contributed by atoms with E-state index >= 15 is 0 Å². The molecule has 0 atom stereocenters. The lowest BCUT2D eigenvalue weighted by Crippen LogP contribution is -2.32. The summed E-state index contributed by atoms with van der Waals surface area (Å²) < 4.78 is 40.5. The van der Waals surface area contributed by atoms with Gasteiger partial charge in [-0.15, -0.1) is 0 Å². The highest BCUT2D eigenvalue weighted by Crippen LogP contribution is 2.36. The number of anilines is 1. The van der Waals surface area contributed by atoms with Gasteiger partial charge in [0, 0.05) is 19.2 Å².